The van der Waals surface area contributed by atoms with Gasteiger partial charge in [-0.25, -0.2) is 4.98 Å². The summed E-state index contributed by atoms with van der Waals surface area (Å²) in [5, 5.41) is 9.96. The first-order valence-electron chi connectivity index (χ1n) is 8.98. The Morgan fingerprint density at radius 3 is 2.65 bits per heavy atom. The molecule has 1 aliphatic carbocycles. The lowest BCUT2D eigenvalue weighted by atomic mass is 9.97. The fourth-order valence-electron chi connectivity index (χ4n) is 3.23. The number of pyridine rings is 1. The van der Waals surface area contributed by atoms with Crippen LogP contribution in [0.15, 0.2) is 29.4 Å². The molecule has 138 valence electrons. The summed E-state index contributed by atoms with van der Waals surface area (Å²) in [6, 6.07) is 7.96. The monoisotopic (exact) mass is 408 g/mol. The lowest BCUT2D eigenvalue weighted by Crippen LogP contribution is -2.40. The number of para-hydroxylation sites is 1. The second kappa shape index (κ2) is 9.49. The van der Waals surface area contributed by atoms with Gasteiger partial charge in [0.05, 0.1) is 16.8 Å². The number of fused-ring (bicyclic) bond motifs is 1. The molecule has 1 aliphatic rings. The van der Waals surface area contributed by atoms with Gasteiger partial charge in [0.15, 0.2) is 5.11 Å². The molecule has 0 aliphatic heterocycles. The maximum atomic E-state index is 6.24. The van der Waals surface area contributed by atoms with Crippen molar-refractivity contribution < 1.29 is 0 Å². The van der Waals surface area contributed by atoms with E-state index >= 15 is 0 Å². The molecule has 1 aromatic carbocycles. The van der Waals surface area contributed by atoms with Crippen molar-refractivity contribution in [3.05, 3.63) is 40.0 Å². The molecule has 1 fully saturated rings. The molecule has 1 aromatic heterocycles. The zero-order chi connectivity index (χ0) is 18.4. The van der Waals surface area contributed by atoms with Crippen molar-refractivity contribution in [2.75, 3.05) is 0 Å². The van der Waals surface area contributed by atoms with E-state index in [4.69, 9.17) is 35.4 Å². The molecule has 2 aromatic rings. The summed E-state index contributed by atoms with van der Waals surface area (Å²) in [5.74, 6) is 0. The van der Waals surface area contributed by atoms with Crippen LogP contribution < -0.4 is 10.7 Å². The lowest BCUT2D eigenvalue weighted by molar-refractivity contribution is 0.427. The van der Waals surface area contributed by atoms with Crippen molar-refractivity contribution in [3.63, 3.8) is 0 Å². The summed E-state index contributed by atoms with van der Waals surface area (Å²) in [4.78, 5) is 4.35. The average molecular weight is 409 g/mol. The van der Waals surface area contributed by atoms with E-state index in [9.17, 15) is 0 Å². The first-order valence-corrected chi connectivity index (χ1v) is 10.1. The van der Waals surface area contributed by atoms with Gasteiger partial charge in [-0.3, -0.25) is 5.43 Å². The number of nitrogens with zero attached hydrogens (tertiary/aromatic N) is 2. The molecule has 1 heterocycles. The minimum absolute atomic E-state index is 0.357. The van der Waals surface area contributed by atoms with Gasteiger partial charge >= 0.3 is 0 Å². The van der Waals surface area contributed by atoms with E-state index in [1.54, 1.807) is 12.3 Å². The van der Waals surface area contributed by atoms with E-state index in [1.165, 1.54) is 32.1 Å². The summed E-state index contributed by atoms with van der Waals surface area (Å²) in [7, 11) is 0. The second-order valence-corrected chi connectivity index (χ2v) is 7.74. The first-order chi connectivity index (χ1) is 12.6. The van der Waals surface area contributed by atoms with Gasteiger partial charge < -0.3 is 5.32 Å². The minimum atomic E-state index is 0.357. The molecule has 0 bridgehead atoms. The summed E-state index contributed by atoms with van der Waals surface area (Å²) in [6.45, 7) is 0. The van der Waals surface area contributed by atoms with Crippen LogP contribution in [-0.4, -0.2) is 22.4 Å². The number of hydrogen-bond acceptors (Lipinski definition) is 3. The number of nitrogens with one attached hydrogen (secondary N) is 2. The van der Waals surface area contributed by atoms with Gasteiger partial charge in [0.2, 0.25) is 0 Å². The van der Waals surface area contributed by atoms with Crippen molar-refractivity contribution in [1.82, 2.24) is 15.7 Å². The average Bonchev–Trinajstić information content (AvgIpc) is 2.58. The van der Waals surface area contributed by atoms with Crippen LogP contribution in [0.4, 0.5) is 0 Å². The van der Waals surface area contributed by atoms with Crippen LogP contribution >= 0.6 is 35.4 Å². The fraction of sp³-hybridized carbons (Fsp3) is 0.421. The van der Waals surface area contributed by atoms with Gasteiger partial charge in [-0.15, -0.1) is 0 Å². The van der Waals surface area contributed by atoms with Gasteiger partial charge in [0.1, 0.15) is 5.15 Å². The number of aromatic nitrogens is 1. The number of thiocarbonyl (C=S) groups is 1. The topological polar surface area (TPSA) is 49.3 Å². The first kappa shape index (κ1) is 19.3. The van der Waals surface area contributed by atoms with Crippen LogP contribution in [0.25, 0.3) is 10.9 Å². The van der Waals surface area contributed by atoms with Gasteiger partial charge in [-0.2, -0.15) is 5.10 Å². The van der Waals surface area contributed by atoms with Crippen molar-refractivity contribution in [3.8, 4) is 0 Å². The molecule has 26 heavy (non-hydrogen) atoms. The molecule has 3 rings (SSSR count). The Bertz CT molecular complexity index is 801. The normalized spacial score (nSPS) is 16.4. The van der Waals surface area contributed by atoms with Crippen molar-refractivity contribution in [2.45, 2.75) is 51.0 Å². The van der Waals surface area contributed by atoms with Crippen LogP contribution in [0.1, 0.15) is 50.5 Å². The lowest BCUT2D eigenvalue weighted by Gasteiger charge is -2.21. The number of halogens is 2. The van der Waals surface area contributed by atoms with Gasteiger partial charge in [0, 0.05) is 17.0 Å². The standard InChI is InChI=1S/C19H22Cl2N4S/c20-16-10-6-7-13-11-14(18(21)24-17(13)16)12-22-25-19(26)23-15-8-4-2-1-3-5-9-15/h6-7,10-12,15H,1-5,8-9H2,(H2,23,25,26)/b22-12+. The molecule has 0 atom stereocenters. The van der Waals surface area contributed by atoms with Crippen LogP contribution in [0.5, 0.6) is 0 Å². The van der Waals surface area contributed by atoms with Gasteiger partial charge in [-0.05, 0) is 37.2 Å². The van der Waals surface area contributed by atoms with Crippen LogP contribution in [0.3, 0.4) is 0 Å². The van der Waals surface area contributed by atoms with Crippen molar-refractivity contribution in [1.29, 1.82) is 0 Å². The van der Waals surface area contributed by atoms with E-state index in [0.29, 0.717) is 32.4 Å². The Kier molecular flexibility index (Phi) is 7.06. The molecular weight excluding hydrogens is 387 g/mol. The third kappa shape index (κ3) is 5.29. The zero-order valence-electron chi connectivity index (χ0n) is 14.5. The second-order valence-electron chi connectivity index (χ2n) is 6.57. The predicted molar refractivity (Wildman–Crippen MR) is 114 cm³/mol. The largest absolute Gasteiger partial charge is 0.359 e. The Labute approximate surface area is 169 Å². The van der Waals surface area contributed by atoms with E-state index < -0.39 is 0 Å². The Balaban J connectivity index is 1.60. The van der Waals surface area contributed by atoms with Crippen LogP contribution in [0, 0.1) is 0 Å². The Hall–Kier alpha value is -1.43. The molecule has 0 saturated heterocycles. The van der Waals surface area contributed by atoms with Crippen LogP contribution in [-0.2, 0) is 0 Å². The van der Waals surface area contributed by atoms with Crippen LogP contribution in [0.2, 0.25) is 10.2 Å². The molecule has 0 unspecified atom stereocenters. The summed E-state index contributed by atoms with van der Waals surface area (Å²) >= 11 is 17.7. The predicted octanol–water partition coefficient (Wildman–Crippen LogP) is 5.45. The maximum absolute atomic E-state index is 6.24. The number of rotatable bonds is 3. The molecular formula is C19H22Cl2N4S. The SMILES string of the molecule is S=C(N/N=C/c1cc2cccc(Cl)c2nc1Cl)NC1CCCCCCC1. The van der Waals surface area contributed by atoms with Crippen molar-refractivity contribution >= 4 is 57.6 Å². The highest BCUT2D eigenvalue weighted by atomic mass is 35.5. The molecule has 4 nitrogen and oxygen atoms in total. The molecule has 1 saturated carbocycles. The quantitative estimate of drug-likeness (QED) is 0.306. The summed E-state index contributed by atoms with van der Waals surface area (Å²) in [5.41, 5.74) is 4.28. The minimum Gasteiger partial charge on any atom is -0.359 e. The maximum Gasteiger partial charge on any atom is 0.187 e. The highest BCUT2D eigenvalue weighted by molar-refractivity contribution is 7.80. The number of hydrogen-bond donors (Lipinski definition) is 2. The highest BCUT2D eigenvalue weighted by Crippen LogP contribution is 2.25. The molecule has 2 N–H and O–H groups in total. The number of hydrazone groups is 1. The fourth-order valence-corrected chi connectivity index (χ4v) is 3.86. The molecule has 0 amide bonds. The summed E-state index contributed by atoms with van der Waals surface area (Å²) < 4.78 is 0. The highest BCUT2D eigenvalue weighted by Gasteiger charge is 2.12. The molecule has 7 heteroatoms. The number of benzene rings is 1. The molecule has 0 radical (unpaired) electrons. The van der Waals surface area contributed by atoms with Crippen molar-refractivity contribution in [2.24, 2.45) is 5.10 Å². The summed E-state index contributed by atoms with van der Waals surface area (Å²) in [6.07, 6.45) is 10.4. The smallest absolute Gasteiger partial charge is 0.187 e. The van der Waals surface area contributed by atoms with Gasteiger partial charge in [-0.1, -0.05) is 67.4 Å². The van der Waals surface area contributed by atoms with E-state index in [2.05, 4.69) is 20.8 Å². The molecule has 0 spiro atoms. The van der Waals surface area contributed by atoms with Gasteiger partial charge in [0.25, 0.3) is 0 Å². The van der Waals surface area contributed by atoms with E-state index in [1.807, 2.05) is 18.2 Å². The Morgan fingerprint density at radius 1 is 1.15 bits per heavy atom. The Morgan fingerprint density at radius 2 is 1.88 bits per heavy atom. The third-order valence-corrected chi connectivity index (χ3v) is 5.40. The zero-order valence-corrected chi connectivity index (χ0v) is 16.8. The van der Waals surface area contributed by atoms with E-state index in [0.717, 1.165) is 18.2 Å². The third-order valence-electron chi connectivity index (χ3n) is 4.59. The van der Waals surface area contributed by atoms with E-state index in [-0.39, 0.29) is 0 Å².